The number of nitrogens with two attached hydrogens (primary N) is 1. The number of ether oxygens (including phenoxy) is 1. The Morgan fingerprint density at radius 3 is 2.35 bits per heavy atom. The van der Waals surface area contributed by atoms with Crippen molar-refractivity contribution in [3.63, 3.8) is 0 Å². The molecule has 10 nitrogen and oxygen atoms in total. The molecule has 2 aromatic heterocycles. The minimum atomic E-state index is -3.47. The maximum Gasteiger partial charge on any atom is 0.243 e. The zero-order valence-corrected chi connectivity index (χ0v) is 23.4. The van der Waals surface area contributed by atoms with Gasteiger partial charge in [-0.25, -0.2) is 17.9 Å². The number of fused-ring (bicyclic) bond motifs is 1. The van der Waals surface area contributed by atoms with E-state index in [4.69, 9.17) is 20.6 Å². The second kappa shape index (κ2) is 11.1. The third kappa shape index (κ3) is 5.36. The highest BCUT2D eigenvalue weighted by Gasteiger charge is 2.27. The molecule has 11 heteroatoms. The van der Waals surface area contributed by atoms with Crippen molar-refractivity contribution in [1.82, 2.24) is 18.9 Å². The zero-order chi connectivity index (χ0) is 27.7. The predicted molar refractivity (Wildman–Crippen MR) is 157 cm³/mol. The number of aromatic nitrogens is 3. The Kier molecular flexibility index (Phi) is 7.35. The smallest absolute Gasteiger partial charge is 0.243 e. The third-order valence-corrected chi connectivity index (χ3v) is 9.73. The number of hydrogen-bond acceptors (Lipinski definition) is 8. The molecular formula is C29H35N7O3S. The summed E-state index contributed by atoms with van der Waals surface area (Å²) >= 11 is 0. The van der Waals surface area contributed by atoms with Crippen LogP contribution >= 0.6 is 0 Å². The summed E-state index contributed by atoms with van der Waals surface area (Å²) in [5.74, 6) is 1.51. The van der Waals surface area contributed by atoms with E-state index < -0.39 is 10.0 Å². The molecule has 1 saturated carbocycles. The molecule has 210 valence electrons. The van der Waals surface area contributed by atoms with E-state index in [-0.39, 0.29) is 6.04 Å². The van der Waals surface area contributed by atoms with Crippen molar-refractivity contribution in [3.05, 3.63) is 60.8 Å². The summed E-state index contributed by atoms with van der Waals surface area (Å²) in [5, 5.41) is 12.0. The molecule has 0 atom stereocenters. The van der Waals surface area contributed by atoms with Crippen molar-refractivity contribution in [2.45, 2.75) is 55.5 Å². The van der Waals surface area contributed by atoms with Gasteiger partial charge in [0, 0.05) is 42.5 Å². The highest BCUT2D eigenvalue weighted by Crippen LogP contribution is 2.31. The highest BCUT2D eigenvalue weighted by atomic mass is 32.2. The number of sulfonamides is 1. The number of benzene rings is 2. The van der Waals surface area contributed by atoms with Gasteiger partial charge in [0.1, 0.15) is 11.6 Å². The van der Waals surface area contributed by atoms with Gasteiger partial charge in [-0.3, -0.25) is 0 Å². The number of imidazole rings is 1. The SMILES string of the molecule is COc1ccc(-c2cnc3c(Nc4ccc(S(=O)(=O)N5CCCC5)cc4)cc(NC4CCC(N)CC4)nn23)cc1. The molecule has 4 N–H and O–H groups in total. The van der Waals surface area contributed by atoms with E-state index in [0.29, 0.717) is 29.7 Å². The van der Waals surface area contributed by atoms with Crippen LogP contribution in [0.1, 0.15) is 38.5 Å². The molecule has 0 bridgehead atoms. The van der Waals surface area contributed by atoms with Crippen molar-refractivity contribution < 1.29 is 13.2 Å². The maximum atomic E-state index is 13.0. The predicted octanol–water partition coefficient (Wildman–Crippen LogP) is 4.61. The van der Waals surface area contributed by atoms with E-state index in [1.165, 1.54) is 0 Å². The van der Waals surface area contributed by atoms with Gasteiger partial charge in [-0.05, 0) is 87.1 Å². The van der Waals surface area contributed by atoms with Crippen molar-refractivity contribution in [2.24, 2.45) is 5.73 Å². The first kappa shape index (κ1) is 26.5. The quantitative estimate of drug-likeness (QED) is 0.285. The molecule has 6 rings (SSSR count). The summed E-state index contributed by atoms with van der Waals surface area (Å²) in [6.45, 7) is 1.16. The van der Waals surface area contributed by atoms with Crippen LogP contribution in [0.3, 0.4) is 0 Å². The molecule has 4 aromatic rings. The number of anilines is 3. The van der Waals surface area contributed by atoms with Crippen molar-refractivity contribution >= 4 is 32.9 Å². The molecule has 40 heavy (non-hydrogen) atoms. The Morgan fingerprint density at radius 2 is 1.68 bits per heavy atom. The molecule has 2 aromatic carbocycles. The fourth-order valence-electron chi connectivity index (χ4n) is 5.51. The molecule has 1 saturated heterocycles. The number of methoxy groups -OCH3 is 1. The molecule has 1 aliphatic heterocycles. The lowest BCUT2D eigenvalue weighted by atomic mass is 9.92. The van der Waals surface area contributed by atoms with E-state index in [9.17, 15) is 8.42 Å². The van der Waals surface area contributed by atoms with E-state index in [1.54, 1.807) is 35.7 Å². The summed E-state index contributed by atoms with van der Waals surface area (Å²) in [6.07, 6.45) is 7.58. The molecule has 0 unspecified atom stereocenters. The Morgan fingerprint density at radius 1 is 0.975 bits per heavy atom. The van der Waals surface area contributed by atoms with Crippen LogP contribution in [-0.2, 0) is 10.0 Å². The lowest BCUT2D eigenvalue weighted by Crippen LogP contribution is -2.33. The van der Waals surface area contributed by atoms with Crippen LogP contribution in [0.5, 0.6) is 5.75 Å². The van der Waals surface area contributed by atoms with Crippen molar-refractivity contribution in [2.75, 3.05) is 30.8 Å². The van der Waals surface area contributed by atoms with Gasteiger partial charge in [0.15, 0.2) is 5.65 Å². The molecule has 2 aliphatic rings. The molecule has 0 amide bonds. The first-order valence-electron chi connectivity index (χ1n) is 13.8. The van der Waals surface area contributed by atoms with Gasteiger partial charge in [0.05, 0.1) is 29.6 Å². The largest absolute Gasteiger partial charge is 0.497 e. The van der Waals surface area contributed by atoms with Gasteiger partial charge in [0.25, 0.3) is 0 Å². The normalized spacial score (nSPS) is 20.1. The van der Waals surface area contributed by atoms with Crippen LogP contribution in [0.4, 0.5) is 17.2 Å². The fraction of sp³-hybridized carbons (Fsp3) is 0.379. The van der Waals surface area contributed by atoms with Crippen LogP contribution in [-0.4, -0.2) is 59.6 Å². The summed E-state index contributed by atoms with van der Waals surface area (Å²) in [6, 6.07) is 17.2. The average molecular weight is 562 g/mol. The van der Waals surface area contributed by atoms with Crippen molar-refractivity contribution in [3.8, 4) is 17.0 Å². The molecular weight excluding hydrogens is 526 g/mol. The van der Waals surface area contributed by atoms with E-state index >= 15 is 0 Å². The van der Waals surface area contributed by atoms with Gasteiger partial charge in [-0.2, -0.15) is 4.31 Å². The number of rotatable bonds is 8. The Bertz CT molecular complexity index is 1570. The second-order valence-corrected chi connectivity index (χ2v) is 12.5. The second-order valence-electron chi connectivity index (χ2n) is 10.6. The first-order chi connectivity index (χ1) is 19.4. The molecule has 3 heterocycles. The van der Waals surface area contributed by atoms with Gasteiger partial charge in [0.2, 0.25) is 10.0 Å². The van der Waals surface area contributed by atoms with Crippen LogP contribution in [0.25, 0.3) is 16.9 Å². The number of hydrogen-bond donors (Lipinski definition) is 3. The molecule has 0 spiro atoms. The lowest BCUT2D eigenvalue weighted by Gasteiger charge is -2.27. The van der Waals surface area contributed by atoms with Crippen LogP contribution < -0.4 is 21.1 Å². The lowest BCUT2D eigenvalue weighted by molar-refractivity contribution is 0.410. The Hall–Kier alpha value is -3.67. The fourth-order valence-corrected chi connectivity index (χ4v) is 7.02. The zero-order valence-electron chi connectivity index (χ0n) is 22.6. The van der Waals surface area contributed by atoms with Gasteiger partial charge in [-0.1, -0.05) is 0 Å². The summed E-state index contributed by atoms with van der Waals surface area (Å²) < 4.78 is 34.7. The standard InChI is InChI=1S/C29H35N7O3S/c1-39-24-12-4-20(5-13-24)27-19-31-29-26(18-28(34-36(27)29)33-23-8-6-21(30)7-9-23)32-22-10-14-25(15-11-22)40(37,38)35-16-2-3-17-35/h4-5,10-15,18-19,21,23,32H,2-3,6-9,16-17,30H2,1H3,(H,33,34). The van der Waals surface area contributed by atoms with E-state index in [1.807, 2.05) is 41.0 Å². The summed E-state index contributed by atoms with van der Waals surface area (Å²) in [4.78, 5) is 5.01. The number of nitrogens with zero attached hydrogens (tertiary/aromatic N) is 4. The summed E-state index contributed by atoms with van der Waals surface area (Å²) in [7, 11) is -1.83. The van der Waals surface area contributed by atoms with Gasteiger partial charge in [-0.15, -0.1) is 5.10 Å². The van der Waals surface area contributed by atoms with E-state index in [0.717, 1.165) is 72.7 Å². The maximum absolute atomic E-state index is 13.0. The van der Waals surface area contributed by atoms with Gasteiger partial charge < -0.3 is 21.1 Å². The minimum Gasteiger partial charge on any atom is -0.497 e. The number of nitrogens with one attached hydrogen (secondary N) is 2. The Labute approximate surface area is 234 Å². The first-order valence-corrected chi connectivity index (χ1v) is 15.3. The Balaban J connectivity index is 1.33. The van der Waals surface area contributed by atoms with Crippen LogP contribution in [0.15, 0.2) is 65.7 Å². The van der Waals surface area contributed by atoms with Gasteiger partial charge >= 0.3 is 0 Å². The molecule has 2 fully saturated rings. The monoisotopic (exact) mass is 561 g/mol. The summed E-state index contributed by atoms with van der Waals surface area (Å²) in [5.41, 5.74) is 10.1. The highest BCUT2D eigenvalue weighted by molar-refractivity contribution is 7.89. The molecule has 1 aliphatic carbocycles. The van der Waals surface area contributed by atoms with Crippen LogP contribution in [0.2, 0.25) is 0 Å². The van der Waals surface area contributed by atoms with E-state index in [2.05, 4.69) is 10.6 Å². The minimum absolute atomic E-state index is 0.262. The average Bonchev–Trinajstić information content (AvgIpc) is 3.66. The van der Waals surface area contributed by atoms with Crippen molar-refractivity contribution in [1.29, 1.82) is 0 Å². The topological polar surface area (TPSA) is 127 Å². The van der Waals surface area contributed by atoms with Crippen LogP contribution in [0, 0.1) is 0 Å². The third-order valence-electron chi connectivity index (χ3n) is 7.81. The molecule has 0 radical (unpaired) electrons.